The van der Waals surface area contributed by atoms with Crippen molar-refractivity contribution in [3.05, 3.63) is 90.2 Å². The van der Waals surface area contributed by atoms with Gasteiger partial charge in [-0.05, 0) is 48.4 Å². The van der Waals surface area contributed by atoms with E-state index >= 15 is 0 Å². The van der Waals surface area contributed by atoms with Crippen molar-refractivity contribution in [2.45, 2.75) is 17.9 Å². The Morgan fingerprint density at radius 1 is 0.741 bits per heavy atom. The molecular weight excluding hydrogens is 355 g/mol. The van der Waals surface area contributed by atoms with Crippen LogP contribution in [-0.4, -0.2) is 16.0 Å². The van der Waals surface area contributed by atoms with Crippen LogP contribution in [-0.2, 0) is 6.42 Å². The summed E-state index contributed by atoms with van der Waals surface area (Å²) >= 11 is 1.74. The van der Waals surface area contributed by atoms with Crippen LogP contribution in [0.3, 0.4) is 0 Å². The highest BCUT2D eigenvalue weighted by Crippen LogP contribution is 2.32. The number of fused-ring (bicyclic) bond motifs is 1. The Morgan fingerprint density at radius 3 is 2.22 bits per heavy atom. The van der Waals surface area contributed by atoms with Gasteiger partial charge in [0.15, 0.2) is 0 Å². The SMILES string of the molecule is Fc1ccc(-c2nnc(SCCCc3ccccc3)c3ccccc23)cc1. The maximum absolute atomic E-state index is 13.2. The van der Waals surface area contributed by atoms with E-state index in [2.05, 4.69) is 46.6 Å². The molecule has 4 rings (SSSR count). The van der Waals surface area contributed by atoms with Crippen molar-refractivity contribution in [2.75, 3.05) is 5.75 Å². The zero-order valence-electron chi connectivity index (χ0n) is 14.8. The average molecular weight is 374 g/mol. The molecule has 0 saturated carbocycles. The van der Waals surface area contributed by atoms with E-state index in [-0.39, 0.29) is 5.82 Å². The van der Waals surface area contributed by atoms with Gasteiger partial charge in [-0.2, -0.15) is 0 Å². The summed E-state index contributed by atoms with van der Waals surface area (Å²) in [6.07, 6.45) is 2.15. The summed E-state index contributed by atoms with van der Waals surface area (Å²) < 4.78 is 13.2. The first-order valence-corrected chi connectivity index (χ1v) is 9.98. The number of halogens is 1. The van der Waals surface area contributed by atoms with E-state index in [4.69, 9.17) is 0 Å². The van der Waals surface area contributed by atoms with Crippen LogP contribution >= 0.6 is 11.8 Å². The molecule has 0 fully saturated rings. The smallest absolute Gasteiger partial charge is 0.127 e. The molecule has 0 N–H and O–H groups in total. The summed E-state index contributed by atoms with van der Waals surface area (Å²) in [6, 6.07) is 25.1. The minimum atomic E-state index is -0.249. The lowest BCUT2D eigenvalue weighted by Gasteiger charge is -2.09. The average Bonchev–Trinajstić information content (AvgIpc) is 2.73. The Kier molecular flexibility index (Phi) is 5.45. The molecule has 0 aliphatic rings. The Hall–Kier alpha value is -2.72. The van der Waals surface area contributed by atoms with Gasteiger partial charge in [0.1, 0.15) is 16.5 Å². The topological polar surface area (TPSA) is 25.8 Å². The Bertz CT molecular complexity index is 1030. The largest absolute Gasteiger partial charge is 0.207 e. The standard InChI is InChI=1S/C23H19FN2S/c24-19-14-12-18(13-15-19)22-20-10-4-5-11-21(20)23(26-25-22)27-16-6-9-17-7-2-1-3-8-17/h1-5,7-8,10-15H,6,9,16H2. The van der Waals surface area contributed by atoms with Gasteiger partial charge in [0.05, 0.1) is 0 Å². The molecule has 0 spiro atoms. The Morgan fingerprint density at radius 2 is 1.44 bits per heavy atom. The minimum Gasteiger partial charge on any atom is -0.207 e. The second-order valence-electron chi connectivity index (χ2n) is 6.34. The van der Waals surface area contributed by atoms with E-state index in [1.807, 2.05) is 18.2 Å². The van der Waals surface area contributed by atoms with Gasteiger partial charge in [0, 0.05) is 16.3 Å². The molecular formula is C23H19FN2S. The number of hydrogen-bond acceptors (Lipinski definition) is 3. The van der Waals surface area contributed by atoms with Gasteiger partial charge in [-0.25, -0.2) is 4.39 Å². The Labute approximate surface area is 162 Å². The lowest BCUT2D eigenvalue weighted by molar-refractivity contribution is 0.628. The zero-order valence-corrected chi connectivity index (χ0v) is 15.6. The lowest BCUT2D eigenvalue weighted by atomic mass is 10.1. The summed E-state index contributed by atoms with van der Waals surface area (Å²) in [5.41, 5.74) is 3.03. The van der Waals surface area contributed by atoms with Crippen molar-refractivity contribution < 1.29 is 4.39 Å². The Balaban J connectivity index is 1.54. The summed E-state index contributed by atoms with van der Waals surface area (Å²) in [5, 5.41) is 12.0. The molecule has 1 aromatic heterocycles. The molecule has 27 heavy (non-hydrogen) atoms. The fourth-order valence-corrected chi connectivity index (χ4v) is 4.01. The predicted octanol–water partition coefficient (Wildman–Crippen LogP) is 6.16. The van der Waals surface area contributed by atoms with E-state index in [0.29, 0.717) is 0 Å². The quantitative estimate of drug-likeness (QED) is 0.298. The summed E-state index contributed by atoms with van der Waals surface area (Å²) in [5.74, 6) is 0.741. The van der Waals surface area contributed by atoms with Crippen LogP contribution < -0.4 is 0 Å². The second kappa shape index (κ2) is 8.31. The molecule has 0 saturated heterocycles. The van der Waals surface area contributed by atoms with Gasteiger partial charge >= 0.3 is 0 Å². The van der Waals surface area contributed by atoms with Crippen LogP contribution in [0.5, 0.6) is 0 Å². The van der Waals surface area contributed by atoms with Crippen molar-refractivity contribution in [3.8, 4) is 11.3 Å². The normalized spacial score (nSPS) is 11.0. The van der Waals surface area contributed by atoms with Crippen LogP contribution in [0.2, 0.25) is 0 Å². The second-order valence-corrected chi connectivity index (χ2v) is 7.43. The van der Waals surface area contributed by atoms with Crippen molar-refractivity contribution >= 4 is 22.5 Å². The maximum atomic E-state index is 13.2. The van der Waals surface area contributed by atoms with E-state index in [1.54, 1.807) is 23.9 Å². The van der Waals surface area contributed by atoms with Crippen LogP contribution in [0, 0.1) is 5.82 Å². The number of benzene rings is 3. The third kappa shape index (κ3) is 4.17. The molecule has 134 valence electrons. The highest BCUT2D eigenvalue weighted by Gasteiger charge is 2.11. The van der Waals surface area contributed by atoms with Crippen LogP contribution in [0.1, 0.15) is 12.0 Å². The fraction of sp³-hybridized carbons (Fsp3) is 0.130. The van der Waals surface area contributed by atoms with Gasteiger partial charge in [-0.1, -0.05) is 54.6 Å². The van der Waals surface area contributed by atoms with Crippen molar-refractivity contribution in [1.29, 1.82) is 0 Å². The lowest BCUT2D eigenvalue weighted by Crippen LogP contribution is -1.95. The zero-order chi connectivity index (χ0) is 18.5. The maximum Gasteiger partial charge on any atom is 0.127 e. The third-order valence-electron chi connectivity index (χ3n) is 4.46. The number of aromatic nitrogens is 2. The third-order valence-corrected chi connectivity index (χ3v) is 5.53. The number of thioether (sulfide) groups is 1. The van der Waals surface area contributed by atoms with Gasteiger partial charge in [0.2, 0.25) is 0 Å². The molecule has 0 bridgehead atoms. The van der Waals surface area contributed by atoms with Crippen molar-refractivity contribution in [2.24, 2.45) is 0 Å². The first-order chi connectivity index (χ1) is 13.3. The summed E-state index contributed by atoms with van der Waals surface area (Å²) in [6.45, 7) is 0. The molecule has 1 heterocycles. The summed E-state index contributed by atoms with van der Waals surface area (Å²) in [7, 11) is 0. The monoisotopic (exact) mass is 374 g/mol. The van der Waals surface area contributed by atoms with Crippen LogP contribution in [0.15, 0.2) is 83.9 Å². The highest BCUT2D eigenvalue weighted by molar-refractivity contribution is 7.99. The molecule has 0 atom stereocenters. The molecule has 0 unspecified atom stereocenters. The van der Waals surface area contributed by atoms with Crippen molar-refractivity contribution in [3.63, 3.8) is 0 Å². The first-order valence-electron chi connectivity index (χ1n) is 8.99. The fourth-order valence-electron chi connectivity index (χ4n) is 3.10. The van der Waals surface area contributed by atoms with E-state index < -0.39 is 0 Å². The molecule has 0 aliphatic heterocycles. The first kappa shape index (κ1) is 17.7. The van der Waals surface area contributed by atoms with Gasteiger partial charge in [-0.15, -0.1) is 22.0 Å². The van der Waals surface area contributed by atoms with E-state index in [0.717, 1.165) is 45.7 Å². The molecule has 0 radical (unpaired) electrons. The van der Waals surface area contributed by atoms with Crippen LogP contribution in [0.4, 0.5) is 4.39 Å². The molecule has 3 aromatic carbocycles. The molecule has 4 aromatic rings. The number of aryl methyl sites for hydroxylation is 1. The molecule has 0 aliphatic carbocycles. The number of hydrogen-bond donors (Lipinski definition) is 0. The van der Waals surface area contributed by atoms with Gasteiger partial charge in [0.25, 0.3) is 0 Å². The number of nitrogens with zero attached hydrogens (tertiary/aromatic N) is 2. The molecule has 4 heteroatoms. The van der Waals surface area contributed by atoms with Gasteiger partial charge in [-0.3, -0.25) is 0 Å². The van der Waals surface area contributed by atoms with E-state index in [9.17, 15) is 4.39 Å². The predicted molar refractivity (Wildman–Crippen MR) is 110 cm³/mol. The van der Waals surface area contributed by atoms with Crippen molar-refractivity contribution in [1.82, 2.24) is 10.2 Å². The summed E-state index contributed by atoms with van der Waals surface area (Å²) in [4.78, 5) is 0. The van der Waals surface area contributed by atoms with Gasteiger partial charge < -0.3 is 0 Å². The number of rotatable bonds is 6. The molecule has 2 nitrogen and oxygen atoms in total. The highest BCUT2D eigenvalue weighted by atomic mass is 32.2. The van der Waals surface area contributed by atoms with E-state index in [1.165, 1.54) is 17.7 Å². The minimum absolute atomic E-state index is 0.249. The molecule has 0 amide bonds. The van der Waals surface area contributed by atoms with Crippen LogP contribution in [0.25, 0.3) is 22.0 Å².